The number of hydrogen-bond donors (Lipinski definition) is 0. The normalized spacial score (nSPS) is 10.2. The van der Waals surface area contributed by atoms with Crippen LogP contribution in [0.4, 0.5) is 0 Å². The van der Waals surface area contributed by atoms with Gasteiger partial charge < -0.3 is 4.90 Å². The molecule has 0 aliphatic heterocycles. The quantitative estimate of drug-likeness (QED) is 0.732. The number of nitrogens with zero attached hydrogens (tertiary/aromatic N) is 1. The first-order valence-electron chi connectivity index (χ1n) is 5.58. The molecule has 1 aromatic carbocycles. The van der Waals surface area contributed by atoms with Crippen LogP contribution in [0.2, 0.25) is 0 Å². The van der Waals surface area contributed by atoms with Crippen LogP contribution in [-0.2, 0) is 0 Å². The van der Waals surface area contributed by atoms with Gasteiger partial charge in [-0.15, -0.1) is 11.8 Å². The number of benzene rings is 1. The zero-order valence-electron chi connectivity index (χ0n) is 10.2. The van der Waals surface area contributed by atoms with Gasteiger partial charge in [-0.05, 0) is 36.9 Å². The highest BCUT2D eigenvalue weighted by molar-refractivity contribution is 7.98. The van der Waals surface area contributed by atoms with Gasteiger partial charge in [0.15, 0.2) is 0 Å². The summed E-state index contributed by atoms with van der Waals surface area (Å²) >= 11 is 1.69. The Morgan fingerprint density at radius 2 is 1.94 bits per heavy atom. The fourth-order valence-electron chi connectivity index (χ4n) is 1.45. The first-order chi connectivity index (χ1) is 7.69. The van der Waals surface area contributed by atoms with Crippen molar-refractivity contribution >= 4 is 17.7 Å². The van der Waals surface area contributed by atoms with E-state index in [2.05, 4.69) is 6.92 Å². The van der Waals surface area contributed by atoms with E-state index < -0.39 is 0 Å². The maximum Gasteiger partial charge on any atom is 0.253 e. The number of thioether (sulfide) groups is 1. The Labute approximate surface area is 102 Å². The summed E-state index contributed by atoms with van der Waals surface area (Å²) in [4.78, 5) is 14.9. The Morgan fingerprint density at radius 1 is 1.31 bits per heavy atom. The van der Waals surface area contributed by atoms with Crippen LogP contribution in [0.25, 0.3) is 0 Å². The fraction of sp³-hybridized carbons (Fsp3) is 0.462. The Kier molecular flexibility index (Phi) is 5.39. The van der Waals surface area contributed by atoms with Gasteiger partial charge in [-0.3, -0.25) is 4.79 Å². The average Bonchev–Trinajstić information content (AvgIpc) is 2.35. The summed E-state index contributed by atoms with van der Waals surface area (Å²) in [5, 5.41) is 0. The van der Waals surface area contributed by atoms with E-state index in [0.29, 0.717) is 0 Å². The molecule has 0 aromatic heterocycles. The van der Waals surface area contributed by atoms with Crippen LogP contribution in [0.3, 0.4) is 0 Å². The molecule has 1 rings (SSSR count). The number of hydrogen-bond acceptors (Lipinski definition) is 2. The van der Waals surface area contributed by atoms with Gasteiger partial charge in [-0.2, -0.15) is 0 Å². The first kappa shape index (κ1) is 13.1. The second-order valence-electron chi connectivity index (χ2n) is 3.81. The summed E-state index contributed by atoms with van der Waals surface area (Å²) in [5.74, 6) is 0.112. The molecule has 0 bridgehead atoms. The van der Waals surface area contributed by atoms with Crippen LogP contribution in [0.5, 0.6) is 0 Å². The third-order valence-electron chi connectivity index (χ3n) is 2.53. The Bertz CT molecular complexity index is 334. The number of unbranched alkanes of at least 4 members (excludes halogenated alkanes) is 1. The SMILES string of the molecule is CCCCN(C)C(=O)c1ccc(SC)cc1. The molecular formula is C13H19NOS. The molecule has 0 saturated carbocycles. The number of carbonyl (C=O) groups excluding carboxylic acids is 1. The zero-order valence-corrected chi connectivity index (χ0v) is 11.0. The van der Waals surface area contributed by atoms with E-state index in [9.17, 15) is 4.79 Å². The fourth-order valence-corrected chi connectivity index (χ4v) is 1.86. The molecule has 0 unspecified atom stereocenters. The van der Waals surface area contributed by atoms with E-state index >= 15 is 0 Å². The lowest BCUT2D eigenvalue weighted by molar-refractivity contribution is 0.0793. The Morgan fingerprint density at radius 3 is 2.44 bits per heavy atom. The third kappa shape index (κ3) is 3.56. The molecule has 0 saturated heterocycles. The summed E-state index contributed by atoms with van der Waals surface area (Å²) < 4.78 is 0. The molecule has 0 aliphatic carbocycles. The smallest absolute Gasteiger partial charge is 0.253 e. The summed E-state index contributed by atoms with van der Waals surface area (Å²) in [6.45, 7) is 2.96. The predicted octanol–water partition coefficient (Wildman–Crippen LogP) is 3.28. The van der Waals surface area contributed by atoms with Crippen molar-refractivity contribution in [1.82, 2.24) is 4.90 Å². The van der Waals surface area contributed by atoms with E-state index in [0.717, 1.165) is 24.9 Å². The topological polar surface area (TPSA) is 20.3 Å². The molecule has 1 amide bonds. The highest BCUT2D eigenvalue weighted by atomic mass is 32.2. The summed E-state index contributed by atoms with van der Waals surface area (Å²) in [7, 11) is 1.86. The number of carbonyl (C=O) groups is 1. The predicted molar refractivity (Wildman–Crippen MR) is 70.1 cm³/mol. The summed E-state index contributed by atoms with van der Waals surface area (Å²) in [6, 6.07) is 7.78. The molecule has 0 atom stereocenters. The highest BCUT2D eigenvalue weighted by Gasteiger charge is 2.10. The standard InChI is InChI=1S/C13H19NOS/c1-4-5-10-14(2)13(15)11-6-8-12(16-3)9-7-11/h6-9H,4-5,10H2,1-3H3. The summed E-state index contributed by atoms with van der Waals surface area (Å²) in [6.07, 6.45) is 4.21. The van der Waals surface area contributed by atoms with Gasteiger partial charge in [-0.1, -0.05) is 13.3 Å². The van der Waals surface area contributed by atoms with Crippen LogP contribution in [0, 0.1) is 0 Å². The van der Waals surface area contributed by atoms with Crippen molar-refractivity contribution in [2.75, 3.05) is 19.8 Å². The van der Waals surface area contributed by atoms with E-state index in [4.69, 9.17) is 0 Å². The maximum absolute atomic E-state index is 12.0. The third-order valence-corrected chi connectivity index (χ3v) is 3.27. The Hall–Kier alpha value is -0.960. The molecule has 3 heteroatoms. The first-order valence-corrected chi connectivity index (χ1v) is 6.81. The molecule has 0 spiro atoms. The molecule has 16 heavy (non-hydrogen) atoms. The molecular weight excluding hydrogens is 218 g/mol. The van der Waals surface area contributed by atoms with Crippen molar-refractivity contribution in [3.8, 4) is 0 Å². The number of amides is 1. The minimum atomic E-state index is 0.112. The monoisotopic (exact) mass is 237 g/mol. The minimum Gasteiger partial charge on any atom is -0.342 e. The van der Waals surface area contributed by atoms with Crippen molar-refractivity contribution in [3.63, 3.8) is 0 Å². The molecule has 0 fully saturated rings. The Balaban J connectivity index is 2.64. The van der Waals surface area contributed by atoms with Crippen LogP contribution in [0.1, 0.15) is 30.1 Å². The van der Waals surface area contributed by atoms with Crippen LogP contribution in [0.15, 0.2) is 29.2 Å². The lowest BCUT2D eigenvalue weighted by atomic mass is 10.2. The van der Waals surface area contributed by atoms with Gasteiger partial charge in [0.1, 0.15) is 0 Å². The van der Waals surface area contributed by atoms with Gasteiger partial charge >= 0.3 is 0 Å². The molecule has 0 N–H and O–H groups in total. The number of rotatable bonds is 5. The molecule has 2 nitrogen and oxygen atoms in total. The van der Waals surface area contributed by atoms with Crippen LogP contribution in [-0.4, -0.2) is 30.7 Å². The highest BCUT2D eigenvalue weighted by Crippen LogP contribution is 2.15. The van der Waals surface area contributed by atoms with E-state index in [-0.39, 0.29) is 5.91 Å². The van der Waals surface area contributed by atoms with Gasteiger partial charge in [0, 0.05) is 24.1 Å². The summed E-state index contributed by atoms with van der Waals surface area (Å²) in [5.41, 5.74) is 0.774. The van der Waals surface area contributed by atoms with Crippen LogP contribution < -0.4 is 0 Å². The van der Waals surface area contributed by atoms with Crippen molar-refractivity contribution in [3.05, 3.63) is 29.8 Å². The van der Waals surface area contributed by atoms with Gasteiger partial charge in [-0.25, -0.2) is 0 Å². The maximum atomic E-state index is 12.0. The minimum absolute atomic E-state index is 0.112. The lowest BCUT2D eigenvalue weighted by Gasteiger charge is -2.16. The molecule has 0 aliphatic rings. The second-order valence-corrected chi connectivity index (χ2v) is 4.69. The molecule has 0 radical (unpaired) electrons. The van der Waals surface area contributed by atoms with Crippen LogP contribution >= 0.6 is 11.8 Å². The molecule has 88 valence electrons. The van der Waals surface area contributed by atoms with Crippen molar-refractivity contribution in [2.45, 2.75) is 24.7 Å². The average molecular weight is 237 g/mol. The van der Waals surface area contributed by atoms with Gasteiger partial charge in [0.25, 0.3) is 5.91 Å². The van der Waals surface area contributed by atoms with Gasteiger partial charge in [0.05, 0.1) is 0 Å². The van der Waals surface area contributed by atoms with Crippen molar-refractivity contribution < 1.29 is 4.79 Å². The van der Waals surface area contributed by atoms with E-state index in [1.807, 2.05) is 37.6 Å². The molecule has 0 heterocycles. The lowest BCUT2D eigenvalue weighted by Crippen LogP contribution is -2.27. The van der Waals surface area contributed by atoms with E-state index in [1.54, 1.807) is 16.7 Å². The van der Waals surface area contributed by atoms with Crippen molar-refractivity contribution in [1.29, 1.82) is 0 Å². The van der Waals surface area contributed by atoms with Crippen molar-refractivity contribution in [2.24, 2.45) is 0 Å². The largest absolute Gasteiger partial charge is 0.342 e. The zero-order chi connectivity index (χ0) is 12.0. The van der Waals surface area contributed by atoms with E-state index in [1.165, 1.54) is 4.90 Å². The molecule has 1 aromatic rings. The van der Waals surface area contributed by atoms with Gasteiger partial charge in [0.2, 0.25) is 0 Å². The second kappa shape index (κ2) is 6.59.